The van der Waals surface area contributed by atoms with Crippen molar-refractivity contribution in [1.82, 2.24) is 9.62 Å². The van der Waals surface area contributed by atoms with Gasteiger partial charge >= 0.3 is 0 Å². The summed E-state index contributed by atoms with van der Waals surface area (Å²) in [7, 11) is -7.39. The number of Topliss-reactive ketones (excluding diaryl/α,β-unsaturated/α-hetero) is 1. The Balaban J connectivity index is 2.10. The maximum atomic E-state index is 12.9. The van der Waals surface area contributed by atoms with Crippen molar-refractivity contribution in [1.29, 1.82) is 0 Å². The molecular formula is C19H28N2O6S2. The molecule has 0 radical (unpaired) electrons. The van der Waals surface area contributed by atoms with Crippen LogP contribution in [-0.2, 0) is 29.4 Å². The van der Waals surface area contributed by atoms with E-state index in [0.717, 1.165) is 17.0 Å². The normalized spacial score (nSPS) is 19.2. The highest BCUT2D eigenvalue weighted by Gasteiger charge is 2.33. The van der Waals surface area contributed by atoms with Gasteiger partial charge in [-0.15, -0.1) is 0 Å². The molecule has 1 fully saturated rings. The highest BCUT2D eigenvalue weighted by Crippen LogP contribution is 2.21. The largest absolute Gasteiger partial charge is 0.346 e. The first-order valence-electron chi connectivity index (χ1n) is 9.53. The SMILES string of the molecule is CC(C)CCC(=O)N[C@H]1CCCN(S(=O)(=O)c2ccc(S(C)(=O)=O)cc2)CC1=O. The van der Waals surface area contributed by atoms with Gasteiger partial charge in [-0.2, -0.15) is 4.31 Å². The maximum absolute atomic E-state index is 12.9. The smallest absolute Gasteiger partial charge is 0.243 e. The molecule has 0 spiro atoms. The molecule has 0 bridgehead atoms. The number of nitrogens with one attached hydrogen (secondary N) is 1. The van der Waals surface area contributed by atoms with Crippen LogP contribution in [0.1, 0.15) is 39.5 Å². The molecule has 1 aliphatic rings. The monoisotopic (exact) mass is 444 g/mol. The van der Waals surface area contributed by atoms with E-state index in [4.69, 9.17) is 0 Å². The first-order valence-corrected chi connectivity index (χ1v) is 12.9. The number of sulfonamides is 1. The van der Waals surface area contributed by atoms with Crippen molar-refractivity contribution in [2.45, 2.75) is 55.4 Å². The molecule has 162 valence electrons. The fourth-order valence-corrected chi connectivity index (χ4v) is 5.12. The average molecular weight is 445 g/mol. The number of benzene rings is 1. The zero-order chi connectivity index (χ0) is 21.8. The molecular weight excluding hydrogens is 416 g/mol. The summed E-state index contributed by atoms with van der Waals surface area (Å²) >= 11 is 0. The molecule has 1 aromatic carbocycles. The second-order valence-electron chi connectivity index (χ2n) is 7.74. The molecule has 1 saturated heterocycles. The molecule has 1 atom stereocenters. The lowest BCUT2D eigenvalue weighted by Gasteiger charge is -2.20. The fraction of sp³-hybridized carbons (Fsp3) is 0.579. The van der Waals surface area contributed by atoms with Crippen LogP contribution in [-0.4, -0.2) is 58.2 Å². The molecule has 1 aromatic rings. The van der Waals surface area contributed by atoms with Crippen LogP contribution < -0.4 is 5.32 Å². The van der Waals surface area contributed by atoms with Crippen LogP contribution in [0.5, 0.6) is 0 Å². The van der Waals surface area contributed by atoms with E-state index in [2.05, 4.69) is 5.32 Å². The Morgan fingerprint density at radius 2 is 1.72 bits per heavy atom. The lowest BCUT2D eigenvalue weighted by Crippen LogP contribution is -2.44. The van der Waals surface area contributed by atoms with E-state index in [0.29, 0.717) is 25.2 Å². The maximum Gasteiger partial charge on any atom is 0.243 e. The number of ketones is 1. The summed E-state index contributed by atoms with van der Waals surface area (Å²) in [4.78, 5) is 24.6. The fourth-order valence-electron chi connectivity index (χ4n) is 3.05. The lowest BCUT2D eigenvalue weighted by atomic mass is 10.1. The number of sulfone groups is 1. The Kier molecular flexibility index (Phi) is 7.58. The molecule has 1 aliphatic heterocycles. The number of amides is 1. The van der Waals surface area contributed by atoms with Crippen LogP contribution in [0, 0.1) is 5.92 Å². The van der Waals surface area contributed by atoms with E-state index >= 15 is 0 Å². The molecule has 0 aromatic heterocycles. The van der Waals surface area contributed by atoms with Gasteiger partial charge in [-0.05, 0) is 49.4 Å². The second-order valence-corrected chi connectivity index (χ2v) is 11.7. The number of carbonyl (C=O) groups is 2. The van der Waals surface area contributed by atoms with Crippen LogP contribution in [0.25, 0.3) is 0 Å². The van der Waals surface area contributed by atoms with Gasteiger partial charge in [-0.25, -0.2) is 16.8 Å². The molecule has 8 nitrogen and oxygen atoms in total. The molecule has 29 heavy (non-hydrogen) atoms. The van der Waals surface area contributed by atoms with Gasteiger partial charge in [0.15, 0.2) is 15.6 Å². The van der Waals surface area contributed by atoms with Gasteiger partial charge in [-0.1, -0.05) is 13.8 Å². The van der Waals surface area contributed by atoms with E-state index in [-0.39, 0.29) is 34.6 Å². The molecule has 0 unspecified atom stereocenters. The molecule has 0 aliphatic carbocycles. The van der Waals surface area contributed by atoms with Crippen molar-refractivity contribution in [2.24, 2.45) is 5.92 Å². The summed E-state index contributed by atoms with van der Waals surface area (Å²) in [6.45, 7) is 3.84. The molecule has 1 amide bonds. The zero-order valence-electron chi connectivity index (χ0n) is 16.9. The van der Waals surface area contributed by atoms with Gasteiger partial charge in [0, 0.05) is 19.2 Å². The van der Waals surface area contributed by atoms with Crippen molar-refractivity contribution in [3.63, 3.8) is 0 Å². The Morgan fingerprint density at radius 1 is 1.14 bits per heavy atom. The average Bonchev–Trinajstić information content (AvgIpc) is 2.81. The van der Waals surface area contributed by atoms with Crippen molar-refractivity contribution in [2.75, 3.05) is 19.3 Å². The first-order chi connectivity index (χ1) is 13.4. The minimum Gasteiger partial charge on any atom is -0.346 e. The van der Waals surface area contributed by atoms with Crippen molar-refractivity contribution in [3.05, 3.63) is 24.3 Å². The second kappa shape index (κ2) is 9.36. The predicted octanol–water partition coefficient (Wildman–Crippen LogP) is 1.36. The molecule has 10 heteroatoms. The van der Waals surface area contributed by atoms with E-state index in [1.54, 1.807) is 0 Å². The molecule has 0 saturated carbocycles. The summed E-state index contributed by atoms with van der Waals surface area (Å²) in [5.74, 6) is -0.179. The van der Waals surface area contributed by atoms with Crippen molar-refractivity contribution < 1.29 is 26.4 Å². The van der Waals surface area contributed by atoms with Gasteiger partial charge in [0.1, 0.15) is 0 Å². The van der Waals surface area contributed by atoms with E-state index in [1.807, 2.05) is 13.8 Å². The number of hydrogen-bond donors (Lipinski definition) is 1. The minimum atomic E-state index is -3.95. The zero-order valence-corrected chi connectivity index (χ0v) is 18.6. The first kappa shape index (κ1) is 23.5. The van der Waals surface area contributed by atoms with Crippen LogP contribution in [0.4, 0.5) is 0 Å². The third-order valence-electron chi connectivity index (χ3n) is 4.79. The topological polar surface area (TPSA) is 118 Å². The van der Waals surface area contributed by atoms with Gasteiger partial charge in [0.2, 0.25) is 15.9 Å². The lowest BCUT2D eigenvalue weighted by molar-refractivity contribution is -0.127. The van der Waals surface area contributed by atoms with E-state index < -0.39 is 25.9 Å². The molecule has 1 N–H and O–H groups in total. The van der Waals surface area contributed by atoms with Gasteiger partial charge in [0.05, 0.1) is 22.4 Å². The quantitative estimate of drug-likeness (QED) is 0.679. The van der Waals surface area contributed by atoms with Crippen LogP contribution in [0.3, 0.4) is 0 Å². The van der Waals surface area contributed by atoms with Gasteiger partial charge in [0.25, 0.3) is 0 Å². The van der Waals surface area contributed by atoms with Crippen LogP contribution >= 0.6 is 0 Å². The predicted molar refractivity (Wildman–Crippen MR) is 109 cm³/mol. The highest BCUT2D eigenvalue weighted by atomic mass is 32.2. The van der Waals surface area contributed by atoms with Gasteiger partial charge < -0.3 is 5.32 Å². The number of nitrogens with zero attached hydrogens (tertiary/aromatic N) is 1. The molecule has 2 rings (SSSR count). The highest BCUT2D eigenvalue weighted by molar-refractivity contribution is 7.90. The summed E-state index contributed by atoms with van der Waals surface area (Å²) < 4.78 is 50.0. The Hall–Kier alpha value is -1.78. The number of rotatable bonds is 7. The van der Waals surface area contributed by atoms with Crippen molar-refractivity contribution in [3.8, 4) is 0 Å². The summed E-state index contributed by atoms with van der Waals surface area (Å²) in [5.41, 5.74) is 0. The van der Waals surface area contributed by atoms with Crippen LogP contribution in [0.15, 0.2) is 34.1 Å². The summed E-state index contributed by atoms with van der Waals surface area (Å²) in [6, 6.07) is 4.24. The standard InChI is InChI=1S/C19H28N2O6S2/c1-14(2)6-11-19(23)20-17-5-4-12-21(13-18(17)22)29(26,27)16-9-7-15(8-10-16)28(3,24)25/h7-10,14,17H,4-6,11-13H2,1-3H3,(H,20,23)/t17-/m0/s1. The third-order valence-corrected chi connectivity index (χ3v) is 7.78. The Labute approximate surface area is 172 Å². The van der Waals surface area contributed by atoms with E-state index in [9.17, 15) is 26.4 Å². The number of carbonyl (C=O) groups excluding carboxylic acids is 2. The summed E-state index contributed by atoms with van der Waals surface area (Å²) in [5, 5.41) is 2.72. The van der Waals surface area contributed by atoms with E-state index in [1.165, 1.54) is 24.3 Å². The minimum absolute atomic E-state index is 0.0209. The number of hydrogen-bond acceptors (Lipinski definition) is 6. The summed E-state index contributed by atoms with van der Waals surface area (Å²) in [6.07, 6.45) is 2.90. The van der Waals surface area contributed by atoms with Crippen molar-refractivity contribution >= 4 is 31.6 Å². The van der Waals surface area contributed by atoms with Crippen LogP contribution in [0.2, 0.25) is 0 Å². The Morgan fingerprint density at radius 3 is 2.28 bits per heavy atom. The van der Waals surface area contributed by atoms with Gasteiger partial charge in [-0.3, -0.25) is 9.59 Å². The molecule has 1 heterocycles. The third kappa shape index (κ3) is 6.35. The Bertz CT molecular complexity index is 953.